The molecule has 2 N–H and O–H groups in total. The second-order valence-corrected chi connectivity index (χ2v) is 4.95. The maximum absolute atomic E-state index is 4.51. The Morgan fingerprint density at radius 2 is 1.82 bits per heavy atom. The molecule has 1 aromatic rings. The van der Waals surface area contributed by atoms with E-state index in [9.17, 15) is 0 Å². The molecule has 0 spiro atoms. The third-order valence-corrected chi connectivity index (χ3v) is 2.68. The van der Waals surface area contributed by atoms with Crippen molar-refractivity contribution in [1.82, 2.24) is 4.98 Å². The Kier molecular flexibility index (Phi) is 5.81. The minimum Gasteiger partial charge on any atom is -0.370 e. The molecule has 3 heteroatoms. The average molecular weight is 235 g/mol. The molecule has 0 bridgehead atoms. The first-order valence-electron chi connectivity index (χ1n) is 6.59. The molecule has 0 saturated heterocycles. The summed E-state index contributed by atoms with van der Waals surface area (Å²) in [6, 6.07) is 6.52. The Balaban J connectivity index is 2.46. The number of pyridine rings is 1. The lowest BCUT2D eigenvalue weighted by atomic mass is 10.0. The van der Waals surface area contributed by atoms with Crippen LogP contribution in [0.3, 0.4) is 0 Å². The van der Waals surface area contributed by atoms with Gasteiger partial charge in [-0.15, -0.1) is 0 Å². The van der Waals surface area contributed by atoms with Gasteiger partial charge in [0.05, 0.1) is 0 Å². The van der Waals surface area contributed by atoms with Gasteiger partial charge in [-0.3, -0.25) is 0 Å². The van der Waals surface area contributed by atoms with E-state index in [4.69, 9.17) is 0 Å². The summed E-state index contributed by atoms with van der Waals surface area (Å²) in [4.78, 5) is 4.51. The van der Waals surface area contributed by atoms with Gasteiger partial charge in [0.25, 0.3) is 0 Å². The first-order valence-corrected chi connectivity index (χ1v) is 6.59. The molecule has 0 aliphatic carbocycles. The van der Waals surface area contributed by atoms with Gasteiger partial charge in [-0.2, -0.15) is 0 Å². The van der Waals surface area contributed by atoms with Crippen LogP contribution >= 0.6 is 0 Å². The molecule has 0 aliphatic rings. The zero-order valence-corrected chi connectivity index (χ0v) is 11.5. The van der Waals surface area contributed by atoms with Crippen molar-refractivity contribution in [3.05, 3.63) is 18.2 Å². The second kappa shape index (κ2) is 7.15. The van der Waals surface area contributed by atoms with Gasteiger partial charge in [0.15, 0.2) is 0 Å². The smallest absolute Gasteiger partial charge is 0.128 e. The number of anilines is 2. The number of nitrogens with one attached hydrogen (secondary N) is 2. The maximum Gasteiger partial charge on any atom is 0.128 e. The fraction of sp³-hybridized carbons (Fsp3) is 0.643. The Labute approximate surface area is 105 Å². The Bertz CT molecular complexity index is 323. The van der Waals surface area contributed by atoms with Gasteiger partial charge in [-0.25, -0.2) is 4.98 Å². The summed E-state index contributed by atoms with van der Waals surface area (Å²) in [6.07, 6.45) is 2.44. The normalized spacial score (nSPS) is 12.5. The molecule has 1 atom stereocenters. The summed E-state index contributed by atoms with van der Waals surface area (Å²) in [6.45, 7) is 9.71. The van der Waals surface area contributed by atoms with Crippen molar-refractivity contribution in [3.63, 3.8) is 0 Å². The molecule has 0 radical (unpaired) electrons. The monoisotopic (exact) mass is 235 g/mol. The van der Waals surface area contributed by atoms with Crippen LogP contribution in [0.1, 0.15) is 40.5 Å². The fourth-order valence-electron chi connectivity index (χ4n) is 1.70. The van der Waals surface area contributed by atoms with E-state index in [-0.39, 0.29) is 0 Å². The molecule has 0 amide bonds. The van der Waals surface area contributed by atoms with Crippen molar-refractivity contribution >= 4 is 11.6 Å². The lowest BCUT2D eigenvalue weighted by molar-refractivity contribution is 0.527. The first kappa shape index (κ1) is 13.8. The predicted molar refractivity (Wildman–Crippen MR) is 75.6 cm³/mol. The molecule has 1 aromatic heterocycles. The number of aromatic nitrogens is 1. The first-order chi connectivity index (χ1) is 8.11. The molecule has 0 saturated carbocycles. The molecule has 1 heterocycles. The minimum absolute atomic E-state index is 0.474. The Morgan fingerprint density at radius 3 is 2.47 bits per heavy atom. The van der Waals surface area contributed by atoms with E-state index in [1.807, 2.05) is 18.2 Å². The van der Waals surface area contributed by atoms with Gasteiger partial charge >= 0.3 is 0 Å². The molecular weight excluding hydrogens is 210 g/mol. The van der Waals surface area contributed by atoms with Crippen LogP contribution in [0.4, 0.5) is 11.6 Å². The highest BCUT2D eigenvalue weighted by molar-refractivity contribution is 5.45. The van der Waals surface area contributed by atoms with Crippen LogP contribution in [-0.4, -0.2) is 17.6 Å². The number of hydrogen-bond acceptors (Lipinski definition) is 3. The topological polar surface area (TPSA) is 37.0 Å². The van der Waals surface area contributed by atoms with Crippen LogP contribution in [0.15, 0.2) is 18.2 Å². The van der Waals surface area contributed by atoms with Crippen molar-refractivity contribution in [3.8, 4) is 0 Å². The summed E-state index contributed by atoms with van der Waals surface area (Å²) in [7, 11) is 0. The van der Waals surface area contributed by atoms with Crippen LogP contribution in [-0.2, 0) is 0 Å². The summed E-state index contributed by atoms with van der Waals surface area (Å²) >= 11 is 0. The van der Waals surface area contributed by atoms with Crippen molar-refractivity contribution in [2.24, 2.45) is 5.92 Å². The zero-order valence-electron chi connectivity index (χ0n) is 11.5. The van der Waals surface area contributed by atoms with Gasteiger partial charge in [-0.05, 0) is 44.7 Å². The fourth-order valence-corrected chi connectivity index (χ4v) is 1.70. The molecule has 0 aromatic carbocycles. The third kappa shape index (κ3) is 5.57. The summed E-state index contributed by atoms with van der Waals surface area (Å²) in [5.41, 5.74) is 0. The van der Waals surface area contributed by atoms with Crippen LogP contribution in [0.5, 0.6) is 0 Å². The van der Waals surface area contributed by atoms with Gasteiger partial charge in [0.1, 0.15) is 11.6 Å². The van der Waals surface area contributed by atoms with Crippen molar-refractivity contribution in [2.75, 3.05) is 17.2 Å². The van der Waals surface area contributed by atoms with Crippen molar-refractivity contribution in [1.29, 1.82) is 0 Å². The average Bonchev–Trinajstić information content (AvgIpc) is 2.27. The van der Waals surface area contributed by atoms with Crippen molar-refractivity contribution in [2.45, 2.75) is 46.6 Å². The zero-order chi connectivity index (χ0) is 12.7. The molecule has 17 heavy (non-hydrogen) atoms. The van der Waals surface area contributed by atoms with Crippen molar-refractivity contribution < 1.29 is 0 Å². The third-order valence-electron chi connectivity index (χ3n) is 2.68. The maximum atomic E-state index is 4.51. The van der Waals surface area contributed by atoms with Gasteiger partial charge in [0.2, 0.25) is 0 Å². The Hall–Kier alpha value is -1.25. The van der Waals surface area contributed by atoms with Gasteiger partial charge in [0, 0.05) is 12.6 Å². The summed E-state index contributed by atoms with van der Waals surface area (Å²) < 4.78 is 0. The second-order valence-electron chi connectivity index (χ2n) is 4.95. The summed E-state index contributed by atoms with van der Waals surface area (Å²) in [5.74, 6) is 2.66. The molecule has 3 nitrogen and oxygen atoms in total. The highest BCUT2D eigenvalue weighted by atomic mass is 15.1. The van der Waals surface area contributed by atoms with E-state index < -0.39 is 0 Å². The molecule has 96 valence electrons. The van der Waals surface area contributed by atoms with E-state index in [2.05, 4.69) is 43.3 Å². The van der Waals surface area contributed by atoms with E-state index >= 15 is 0 Å². The van der Waals surface area contributed by atoms with Crippen LogP contribution in [0.2, 0.25) is 0 Å². The SMILES string of the molecule is CCNc1cccc(NC(C)CCC(C)C)n1. The molecular formula is C14H25N3. The predicted octanol–water partition coefficient (Wildman–Crippen LogP) is 3.75. The van der Waals surface area contributed by atoms with E-state index in [0.29, 0.717) is 6.04 Å². The Morgan fingerprint density at radius 1 is 1.12 bits per heavy atom. The highest BCUT2D eigenvalue weighted by Gasteiger charge is 2.04. The molecule has 0 fully saturated rings. The lowest BCUT2D eigenvalue weighted by Crippen LogP contribution is -2.17. The molecule has 1 unspecified atom stereocenters. The number of nitrogens with zero attached hydrogens (tertiary/aromatic N) is 1. The quantitative estimate of drug-likeness (QED) is 0.755. The number of hydrogen-bond donors (Lipinski definition) is 2. The standard InChI is InChI=1S/C14H25N3/c1-5-15-13-7-6-8-14(17-13)16-12(4)10-9-11(2)3/h6-8,11-12H,5,9-10H2,1-4H3,(H2,15,16,17). The minimum atomic E-state index is 0.474. The van der Waals surface area contributed by atoms with E-state index in [0.717, 1.165) is 24.1 Å². The van der Waals surface area contributed by atoms with E-state index in [1.165, 1.54) is 12.8 Å². The van der Waals surface area contributed by atoms with E-state index in [1.54, 1.807) is 0 Å². The highest BCUT2D eigenvalue weighted by Crippen LogP contribution is 2.13. The van der Waals surface area contributed by atoms with Crippen LogP contribution in [0.25, 0.3) is 0 Å². The lowest BCUT2D eigenvalue weighted by Gasteiger charge is -2.16. The largest absolute Gasteiger partial charge is 0.370 e. The van der Waals surface area contributed by atoms with Crippen LogP contribution in [0, 0.1) is 5.92 Å². The summed E-state index contributed by atoms with van der Waals surface area (Å²) in [5, 5.41) is 6.67. The number of rotatable bonds is 7. The van der Waals surface area contributed by atoms with Gasteiger partial charge < -0.3 is 10.6 Å². The molecule has 1 rings (SSSR count). The molecule has 0 aliphatic heterocycles. The van der Waals surface area contributed by atoms with Gasteiger partial charge in [-0.1, -0.05) is 19.9 Å². The van der Waals surface area contributed by atoms with Crippen LogP contribution < -0.4 is 10.6 Å².